The third kappa shape index (κ3) is 18.8. The molecule has 20 rings (SSSR count). The van der Waals surface area contributed by atoms with Crippen LogP contribution in [0.15, 0.2) is 165 Å². The predicted octanol–water partition coefficient (Wildman–Crippen LogP) is 15.1. The number of nitrogens with zero attached hydrogens (tertiary/aromatic N) is 19. The van der Waals surface area contributed by atoms with E-state index < -0.39 is 43.2 Å². The molecule has 12 atom stereocenters. The molecule has 4 aliphatic heterocycles. The van der Waals surface area contributed by atoms with Gasteiger partial charge in [-0.2, -0.15) is 28.1 Å². The molecule has 0 spiro atoms. The second-order valence-electron chi connectivity index (χ2n) is 32.5. The highest BCUT2D eigenvalue weighted by Crippen LogP contribution is 2.54. The van der Waals surface area contributed by atoms with Crippen LogP contribution in [0.1, 0.15) is 151 Å². The number of carbonyl (C=O) groups is 4. The summed E-state index contributed by atoms with van der Waals surface area (Å²) in [6.45, 7) is 5.96. The lowest BCUT2D eigenvalue weighted by atomic mass is 9.95. The molecule has 4 amide bonds. The average molecular weight is 1750 g/mol. The molecule has 8 fully saturated rings. The number of imidazole rings is 1. The first-order valence-electron chi connectivity index (χ1n) is 40.0. The van der Waals surface area contributed by atoms with Crippen molar-refractivity contribution >= 4 is 46.7 Å². The van der Waals surface area contributed by atoms with E-state index in [9.17, 15) is 85.0 Å². The molecule has 4 aliphatic carbocycles. The van der Waals surface area contributed by atoms with Gasteiger partial charge in [-0.15, -0.1) is 68.0 Å². The lowest BCUT2D eigenvalue weighted by Gasteiger charge is -2.20. The highest BCUT2D eigenvalue weighted by molar-refractivity contribution is 5.94. The fourth-order valence-electron chi connectivity index (χ4n) is 19.4. The van der Waals surface area contributed by atoms with Crippen molar-refractivity contribution in [1.82, 2.24) is 92.7 Å². The van der Waals surface area contributed by atoms with Crippen LogP contribution in [0.5, 0.6) is 23.0 Å². The maximum atomic E-state index is 12.9. The third-order valence-electron chi connectivity index (χ3n) is 24.5. The van der Waals surface area contributed by atoms with Crippen LogP contribution in [0.3, 0.4) is 0 Å². The number of amides is 4. The number of rotatable bonds is 12. The molecule has 0 N–H and O–H groups in total. The zero-order chi connectivity index (χ0) is 87.8. The van der Waals surface area contributed by atoms with E-state index in [1.807, 2.05) is 6.92 Å². The number of halogens is 15. The Morgan fingerprint density at radius 1 is 0.336 bits per heavy atom. The minimum atomic E-state index is -4.79. The smallest absolute Gasteiger partial charge is 0.405 e. The number of benzene rings is 4. The Kier molecular flexibility index (Phi) is 22.5. The molecule has 4 saturated heterocycles. The summed E-state index contributed by atoms with van der Waals surface area (Å²) >= 11 is 0. The van der Waals surface area contributed by atoms with E-state index in [1.165, 1.54) is 50.3 Å². The maximum absolute atomic E-state index is 12.9. The summed E-state index contributed by atoms with van der Waals surface area (Å²) < 4.78 is 214. The van der Waals surface area contributed by atoms with E-state index in [1.54, 1.807) is 135 Å². The molecule has 12 aromatic rings. The lowest BCUT2D eigenvalue weighted by molar-refractivity contribution is -0.276. The molecule has 8 aromatic heterocycles. The number of alkyl halides is 15. The molecule has 4 unspecified atom stereocenters. The lowest BCUT2D eigenvalue weighted by Crippen LogP contribution is -2.30. The number of hydrogen-bond acceptors (Lipinski definition) is 19. The van der Waals surface area contributed by atoms with E-state index in [-0.39, 0.29) is 135 Å². The SMILES string of the molecule is Cc1cnc2nc(C(=O)N3C[C@H]4CC(c5ccccc5OC(F)(F)F)C[C@H]4C3)nn2c1.O=C(c1cn2cccnc2n1)N1C[C@H]2CC(c3ccccc3OC(F)(F)F)C[C@H]2C1.O=C(c1nc2nc(C(F)(F)F)ccn2n1)N1C[C@H]2CC(c3ccccc3OC(F)(F)F)C[C@H]2C1.O=C(c1nc2ncccn2n1)N1C[C@H]2CC(c3ccccc3OC(F)(F)F)C[C@H]2C1. The fourth-order valence-corrected chi connectivity index (χ4v) is 19.4. The summed E-state index contributed by atoms with van der Waals surface area (Å²) in [6.07, 6.45) is -5.28. The van der Waals surface area contributed by atoms with Gasteiger partial charge in [0.15, 0.2) is 0 Å². The number of fused-ring (bicyclic) bond motifs is 8. The van der Waals surface area contributed by atoms with Crippen molar-refractivity contribution in [3.63, 3.8) is 0 Å². The Morgan fingerprint density at radius 2 is 0.656 bits per heavy atom. The fraction of sp³-hybridized carbons (Fsp3) is 0.410. The van der Waals surface area contributed by atoms with Crippen LogP contribution in [0.25, 0.3) is 23.1 Å². The molecule has 0 bridgehead atoms. The monoisotopic (exact) mass is 1750 g/mol. The first-order chi connectivity index (χ1) is 59.5. The maximum Gasteiger partial charge on any atom is 0.573 e. The molecular formula is C83H74F15N19O8. The highest BCUT2D eigenvalue weighted by Gasteiger charge is 2.50. The van der Waals surface area contributed by atoms with Gasteiger partial charge in [0, 0.05) is 102 Å². The second kappa shape index (κ2) is 33.3. The van der Waals surface area contributed by atoms with Crippen LogP contribution in [0, 0.1) is 54.3 Å². The summed E-state index contributed by atoms with van der Waals surface area (Å²) in [6, 6.07) is 29.3. The van der Waals surface area contributed by atoms with Crippen LogP contribution in [0.4, 0.5) is 65.9 Å². The Bertz CT molecular complexity index is 5720. The van der Waals surface area contributed by atoms with Gasteiger partial charge in [-0.3, -0.25) is 23.6 Å². The van der Waals surface area contributed by atoms with Crippen LogP contribution in [0.2, 0.25) is 0 Å². The number of carbonyl (C=O) groups excluding carboxylic acids is 4. The molecule has 125 heavy (non-hydrogen) atoms. The summed E-state index contributed by atoms with van der Waals surface area (Å²) in [5.41, 5.74) is 2.37. The van der Waals surface area contributed by atoms with E-state index in [0.29, 0.717) is 136 Å². The van der Waals surface area contributed by atoms with Gasteiger partial charge in [-0.1, -0.05) is 72.8 Å². The van der Waals surface area contributed by atoms with Crippen molar-refractivity contribution in [2.75, 3.05) is 52.4 Å². The zero-order valence-corrected chi connectivity index (χ0v) is 65.8. The number of hydrogen-bond donors (Lipinski definition) is 0. The molecule has 27 nitrogen and oxygen atoms in total. The van der Waals surface area contributed by atoms with E-state index >= 15 is 0 Å². The number of aromatic nitrogens is 15. The topological polar surface area (TPSA) is 278 Å². The van der Waals surface area contributed by atoms with Crippen LogP contribution < -0.4 is 18.9 Å². The quantitative estimate of drug-likeness (QED) is 0.103. The summed E-state index contributed by atoms with van der Waals surface area (Å²) in [7, 11) is 0. The van der Waals surface area contributed by atoms with Crippen molar-refractivity contribution in [3.8, 4) is 23.0 Å². The minimum Gasteiger partial charge on any atom is -0.405 e. The first kappa shape index (κ1) is 84.4. The summed E-state index contributed by atoms with van der Waals surface area (Å²) in [5.74, 6) is 0.468. The van der Waals surface area contributed by atoms with Crippen LogP contribution in [-0.2, 0) is 6.18 Å². The normalized spacial score (nSPS) is 23.4. The molecule has 8 aliphatic rings. The number of ether oxygens (including phenoxy) is 4. The van der Waals surface area contributed by atoms with Crippen LogP contribution in [-0.4, -0.2) is 194 Å². The largest absolute Gasteiger partial charge is 0.573 e. The summed E-state index contributed by atoms with van der Waals surface area (Å²) in [4.78, 5) is 90.7. The second-order valence-corrected chi connectivity index (χ2v) is 32.5. The Morgan fingerprint density at radius 3 is 1.01 bits per heavy atom. The Hall–Kier alpha value is -12.8. The third-order valence-corrected chi connectivity index (χ3v) is 24.5. The molecule has 0 radical (unpaired) electrons. The van der Waals surface area contributed by atoms with Gasteiger partial charge in [-0.25, -0.2) is 38.5 Å². The van der Waals surface area contributed by atoms with Gasteiger partial charge >= 0.3 is 31.6 Å². The predicted molar refractivity (Wildman–Crippen MR) is 407 cm³/mol. The Balaban J connectivity index is 0.000000118. The number of likely N-dealkylation sites (tertiary alicyclic amines) is 4. The number of aryl methyl sites for hydroxylation is 1. The molecule has 12 heterocycles. The number of para-hydroxylation sites is 4. The van der Waals surface area contributed by atoms with Gasteiger partial charge < -0.3 is 38.5 Å². The molecule has 42 heteroatoms. The van der Waals surface area contributed by atoms with Gasteiger partial charge in [0.25, 0.3) is 41.0 Å². The van der Waals surface area contributed by atoms with Crippen molar-refractivity contribution in [2.24, 2.45) is 47.3 Å². The molecule has 4 aromatic carbocycles. The molecular weight excluding hydrogens is 1680 g/mol. The van der Waals surface area contributed by atoms with Crippen LogP contribution >= 0.6 is 0 Å². The summed E-state index contributed by atoms with van der Waals surface area (Å²) in [5, 5.41) is 12.4. The average Bonchev–Trinajstić information content (AvgIpc) is 1.64. The highest BCUT2D eigenvalue weighted by atomic mass is 19.4. The zero-order valence-electron chi connectivity index (χ0n) is 65.8. The van der Waals surface area contributed by atoms with Gasteiger partial charge in [0.2, 0.25) is 23.3 Å². The molecule has 4 saturated carbocycles. The Labute approximate surface area is 698 Å². The van der Waals surface area contributed by atoms with E-state index in [2.05, 4.69) is 74.1 Å². The van der Waals surface area contributed by atoms with Crippen molar-refractivity contribution in [2.45, 2.75) is 114 Å². The van der Waals surface area contributed by atoms with Gasteiger partial charge in [-0.05, 0) is 200 Å². The standard InChI is InChI=1S/C21H17F6N5O2.C21H20F3N5O2.C21H19F3N4O2.C20H18F3N5O2/c22-20(23,24)16-5-6-32-19(28-16)29-17(30-32)18(33)31-9-12-7-11(8-13(12)10-31)14-3-1-2-4-15(14)34-21(25,26)27;1-12-8-25-20-26-18(27-29(20)9-12)19(30)28-10-14-6-13(7-15(14)11-28)16-4-2-3-5-17(16)31-21(22,23)24;22-21(23,24)30-18-5-2-1-4-16(18)13-8-14-10-28(11-15(14)9-13)19(29)17-12-27-7-3-6-25-20(27)26-17;21-20(22,23)30-16-5-2-1-4-15(16)12-8-13-10-27(11-14(13)9-12)18(29)17-25-19-24-6-3-7-28(19)26-17/h1-6,11-13H,7-10H2;2-5,8-9,13-15H,6-7,10-11H2,1H3;1-7,12-15H,8-11H2;1-7,12-14H,8-11H2/t11?,12-,13+;2*13?,14-,15+;12?,13-,14+. The van der Waals surface area contributed by atoms with Gasteiger partial charge in [0.1, 0.15) is 34.4 Å². The van der Waals surface area contributed by atoms with E-state index in [4.69, 9.17) is 0 Å². The van der Waals surface area contributed by atoms with E-state index in [0.717, 1.165) is 35.2 Å². The van der Waals surface area contributed by atoms with Gasteiger partial charge in [0.05, 0.1) is 0 Å². The van der Waals surface area contributed by atoms with Crippen molar-refractivity contribution < 1.29 is 104 Å². The molecule has 654 valence electrons. The first-order valence-corrected chi connectivity index (χ1v) is 40.0. The minimum absolute atomic E-state index is 0.00445. The van der Waals surface area contributed by atoms with Crippen molar-refractivity contribution in [1.29, 1.82) is 0 Å². The van der Waals surface area contributed by atoms with Crippen molar-refractivity contribution in [3.05, 3.63) is 222 Å².